The van der Waals surface area contributed by atoms with Crippen LogP contribution in [0.25, 0.3) is 0 Å². The van der Waals surface area contributed by atoms with Gasteiger partial charge in [-0.3, -0.25) is 4.68 Å². The van der Waals surface area contributed by atoms with Gasteiger partial charge in [0.05, 0.1) is 6.20 Å². The molecule has 0 spiro atoms. The van der Waals surface area contributed by atoms with Crippen molar-refractivity contribution >= 4 is 15.8 Å². The standard InChI is InChI=1S/C10H14N6O2S/c11-10-9(3-1-4-12-10)19(17,18)14-5-2-7-16-8-6-13-15-16/h1,3-4,6,8,14H,2,5,7H2,(H2,11,12). The van der Waals surface area contributed by atoms with Crippen LogP contribution in [-0.2, 0) is 16.6 Å². The summed E-state index contributed by atoms with van der Waals surface area (Å²) < 4.78 is 28.0. The highest BCUT2D eigenvalue weighted by Gasteiger charge is 2.16. The van der Waals surface area contributed by atoms with Crippen molar-refractivity contribution in [1.82, 2.24) is 24.7 Å². The van der Waals surface area contributed by atoms with Gasteiger partial charge in [0.1, 0.15) is 10.7 Å². The Morgan fingerprint density at radius 1 is 1.37 bits per heavy atom. The molecule has 0 saturated heterocycles. The van der Waals surface area contributed by atoms with E-state index in [-0.39, 0.29) is 17.3 Å². The minimum atomic E-state index is -3.61. The summed E-state index contributed by atoms with van der Waals surface area (Å²) in [6.45, 7) is 0.877. The average Bonchev–Trinajstić information content (AvgIpc) is 2.88. The summed E-state index contributed by atoms with van der Waals surface area (Å²) in [7, 11) is -3.61. The summed E-state index contributed by atoms with van der Waals surface area (Å²) in [6, 6.07) is 2.95. The molecular weight excluding hydrogens is 268 g/mol. The van der Waals surface area contributed by atoms with Crippen LogP contribution in [0.2, 0.25) is 0 Å². The molecule has 0 saturated carbocycles. The van der Waals surface area contributed by atoms with Crippen LogP contribution in [0.5, 0.6) is 0 Å². The SMILES string of the molecule is Nc1ncccc1S(=O)(=O)NCCCn1ccnn1. The van der Waals surface area contributed by atoms with Crippen LogP contribution in [-0.4, -0.2) is 34.9 Å². The first-order valence-corrected chi connectivity index (χ1v) is 7.12. The first-order chi connectivity index (χ1) is 9.09. The number of hydrogen-bond acceptors (Lipinski definition) is 6. The Morgan fingerprint density at radius 2 is 2.21 bits per heavy atom. The molecule has 0 aliphatic heterocycles. The summed E-state index contributed by atoms with van der Waals surface area (Å²) in [6.07, 6.45) is 5.33. The molecule has 8 nitrogen and oxygen atoms in total. The van der Waals surface area contributed by atoms with Gasteiger partial charge in [-0.05, 0) is 18.6 Å². The van der Waals surface area contributed by atoms with Crippen LogP contribution in [0.1, 0.15) is 6.42 Å². The Kier molecular flexibility index (Phi) is 4.07. The van der Waals surface area contributed by atoms with E-state index >= 15 is 0 Å². The molecule has 2 rings (SSSR count). The number of sulfonamides is 1. The summed E-state index contributed by atoms with van der Waals surface area (Å²) in [5, 5.41) is 7.44. The molecular formula is C10H14N6O2S. The monoisotopic (exact) mass is 282 g/mol. The van der Waals surface area contributed by atoms with Crippen LogP contribution in [0, 0.1) is 0 Å². The minimum absolute atomic E-state index is 0.00393. The molecule has 19 heavy (non-hydrogen) atoms. The second kappa shape index (κ2) is 5.76. The maximum absolute atomic E-state index is 11.9. The molecule has 0 atom stereocenters. The molecule has 2 heterocycles. The molecule has 0 unspecified atom stereocenters. The second-order valence-electron chi connectivity index (χ2n) is 3.80. The minimum Gasteiger partial charge on any atom is -0.383 e. The van der Waals surface area contributed by atoms with E-state index in [1.54, 1.807) is 17.1 Å². The maximum atomic E-state index is 11.9. The third kappa shape index (κ3) is 3.48. The van der Waals surface area contributed by atoms with Gasteiger partial charge in [-0.25, -0.2) is 18.1 Å². The zero-order valence-electron chi connectivity index (χ0n) is 10.1. The molecule has 0 radical (unpaired) electrons. The van der Waals surface area contributed by atoms with E-state index in [0.717, 1.165) is 0 Å². The molecule has 3 N–H and O–H groups in total. The average molecular weight is 282 g/mol. The Bertz CT molecular complexity index is 625. The van der Waals surface area contributed by atoms with E-state index in [9.17, 15) is 8.42 Å². The summed E-state index contributed by atoms with van der Waals surface area (Å²) >= 11 is 0. The highest BCUT2D eigenvalue weighted by Crippen LogP contribution is 2.13. The zero-order chi connectivity index (χ0) is 13.7. The largest absolute Gasteiger partial charge is 0.383 e. The van der Waals surface area contributed by atoms with Gasteiger partial charge in [-0.1, -0.05) is 5.21 Å². The van der Waals surface area contributed by atoms with Gasteiger partial charge < -0.3 is 5.73 Å². The van der Waals surface area contributed by atoms with Gasteiger partial charge in [-0.15, -0.1) is 5.10 Å². The number of hydrogen-bond donors (Lipinski definition) is 2. The summed E-state index contributed by atoms with van der Waals surface area (Å²) in [5.41, 5.74) is 5.54. The topological polar surface area (TPSA) is 116 Å². The smallest absolute Gasteiger partial charge is 0.244 e. The number of nitrogens with one attached hydrogen (secondary N) is 1. The van der Waals surface area contributed by atoms with E-state index in [4.69, 9.17) is 5.73 Å². The molecule has 0 aromatic carbocycles. The first-order valence-electron chi connectivity index (χ1n) is 5.64. The number of aryl methyl sites for hydroxylation is 1. The predicted molar refractivity (Wildman–Crippen MR) is 68.5 cm³/mol. The zero-order valence-corrected chi connectivity index (χ0v) is 10.9. The molecule has 0 amide bonds. The lowest BCUT2D eigenvalue weighted by molar-refractivity contribution is 0.542. The van der Waals surface area contributed by atoms with E-state index in [2.05, 4.69) is 20.0 Å². The maximum Gasteiger partial charge on any atom is 0.244 e. The molecule has 9 heteroatoms. The highest BCUT2D eigenvalue weighted by molar-refractivity contribution is 7.89. The van der Waals surface area contributed by atoms with Crippen molar-refractivity contribution in [1.29, 1.82) is 0 Å². The van der Waals surface area contributed by atoms with Gasteiger partial charge in [0.15, 0.2) is 0 Å². The summed E-state index contributed by atoms with van der Waals surface area (Å²) in [4.78, 5) is 3.75. The second-order valence-corrected chi connectivity index (χ2v) is 5.54. The van der Waals surface area contributed by atoms with Crippen molar-refractivity contribution in [3.8, 4) is 0 Å². The summed E-state index contributed by atoms with van der Waals surface area (Å²) in [5.74, 6) is -0.00808. The molecule has 102 valence electrons. The molecule has 2 aromatic rings. The number of pyridine rings is 1. The molecule has 0 bridgehead atoms. The fraction of sp³-hybridized carbons (Fsp3) is 0.300. The number of rotatable bonds is 6. The van der Waals surface area contributed by atoms with Crippen LogP contribution in [0.15, 0.2) is 35.6 Å². The van der Waals surface area contributed by atoms with Crippen LogP contribution in [0.4, 0.5) is 5.82 Å². The lowest BCUT2D eigenvalue weighted by Gasteiger charge is -2.08. The Balaban J connectivity index is 1.90. The molecule has 0 aliphatic rings. The van der Waals surface area contributed by atoms with E-state index in [0.29, 0.717) is 13.0 Å². The Labute approximate surface area is 110 Å². The lowest BCUT2D eigenvalue weighted by Crippen LogP contribution is -2.26. The number of aromatic nitrogens is 4. The Hall–Kier alpha value is -2.00. The van der Waals surface area contributed by atoms with Crippen molar-refractivity contribution in [2.45, 2.75) is 17.9 Å². The van der Waals surface area contributed by atoms with Gasteiger partial charge in [0.2, 0.25) is 10.0 Å². The van der Waals surface area contributed by atoms with Gasteiger partial charge in [-0.2, -0.15) is 0 Å². The quantitative estimate of drug-likeness (QED) is 0.698. The normalized spacial score (nSPS) is 11.6. The number of nitrogens with two attached hydrogens (primary N) is 1. The Morgan fingerprint density at radius 3 is 2.89 bits per heavy atom. The van der Waals surface area contributed by atoms with E-state index in [1.165, 1.54) is 18.3 Å². The van der Waals surface area contributed by atoms with E-state index < -0.39 is 10.0 Å². The van der Waals surface area contributed by atoms with Crippen molar-refractivity contribution in [2.75, 3.05) is 12.3 Å². The first kappa shape index (κ1) is 13.4. The van der Waals surface area contributed by atoms with Crippen molar-refractivity contribution < 1.29 is 8.42 Å². The lowest BCUT2D eigenvalue weighted by atomic mass is 10.4. The van der Waals surface area contributed by atoms with Gasteiger partial charge in [0, 0.05) is 25.5 Å². The van der Waals surface area contributed by atoms with Crippen molar-refractivity contribution in [3.05, 3.63) is 30.7 Å². The van der Waals surface area contributed by atoms with E-state index in [1.807, 2.05) is 0 Å². The predicted octanol–water partition coefficient (Wildman–Crippen LogP) is -0.376. The third-order valence-electron chi connectivity index (χ3n) is 2.42. The van der Waals surface area contributed by atoms with Gasteiger partial charge >= 0.3 is 0 Å². The number of nitrogens with zero attached hydrogens (tertiary/aromatic N) is 4. The fourth-order valence-electron chi connectivity index (χ4n) is 1.51. The third-order valence-corrected chi connectivity index (χ3v) is 3.93. The van der Waals surface area contributed by atoms with Crippen molar-refractivity contribution in [2.24, 2.45) is 0 Å². The molecule has 0 aliphatic carbocycles. The van der Waals surface area contributed by atoms with Gasteiger partial charge in [0.25, 0.3) is 0 Å². The van der Waals surface area contributed by atoms with Crippen molar-refractivity contribution in [3.63, 3.8) is 0 Å². The molecule has 2 aromatic heterocycles. The highest BCUT2D eigenvalue weighted by atomic mass is 32.2. The fourth-order valence-corrected chi connectivity index (χ4v) is 2.66. The van der Waals surface area contributed by atoms with Crippen LogP contribution >= 0.6 is 0 Å². The van der Waals surface area contributed by atoms with Crippen LogP contribution in [0.3, 0.4) is 0 Å². The van der Waals surface area contributed by atoms with Crippen LogP contribution < -0.4 is 10.5 Å². The molecule has 0 fully saturated rings. The number of nitrogen functional groups attached to an aromatic ring is 1. The number of anilines is 1.